The molecule has 1 aromatic carbocycles. The second kappa shape index (κ2) is 5.78. The van der Waals surface area contributed by atoms with E-state index in [1.807, 2.05) is 47.2 Å². The van der Waals surface area contributed by atoms with E-state index in [2.05, 4.69) is 20.8 Å². The Bertz CT molecular complexity index is 923. The third kappa shape index (κ3) is 2.49. The summed E-state index contributed by atoms with van der Waals surface area (Å²) in [5, 5.41) is 18.1. The first-order valence-electron chi connectivity index (χ1n) is 7.59. The van der Waals surface area contributed by atoms with Gasteiger partial charge in [0, 0.05) is 0 Å². The standard InChI is InChI=1S/C16H14N6O2S/c1-16(11-7-8-25-10-11)14(23)21(15(24)17-16)9-13-18-19-20-22(13)12-5-3-2-4-6-12/h2-8,10H,9H2,1H3,(H,17,24). The van der Waals surface area contributed by atoms with E-state index in [-0.39, 0.29) is 12.5 Å². The summed E-state index contributed by atoms with van der Waals surface area (Å²) >= 11 is 1.48. The lowest BCUT2D eigenvalue weighted by atomic mass is 9.95. The highest BCUT2D eigenvalue weighted by Gasteiger charge is 2.49. The van der Waals surface area contributed by atoms with Gasteiger partial charge in [-0.3, -0.25) is 9.69 Å². The molecule has 3 aromatic rings. The van der Waals surface area contributed by atoms with Gasteiger partial charge in [0.2, 0.25) is 0 Å². The fraction of sp³-hybridized carbons (Fsp3) is 0.188. The Hall–Kier alpha value is -3.07. The van der Waals surface area contributed by atoms with E-state index in [0.29, 0.717) is 5.82 Å². The molecule has 3 amide bonds. The van der Waals surface area contributed by atoms with Gasteiger partial charge in [-0.05, 0) is 51.9 Å². The van der Waals surface area contributed by atoms with Crippen molar-refractivity contribution in [2.45, 2.75) is 19.0 Å². The molecule has 1 N–H and O–H groups in total. The number of carbonyl (C=O) groups is 2. The number of tetrazole rings is 1. The Morgan fingerprint density at radius 3 is 2.72 bits per heavy atom. The predicted molar refractivity (Wildman–Crippen MR) is 89.9 cm³/mol. The third-order valence-corrected chi connectivity index (χ3v) is 4.89. The number of carbonyl (C=O) groups excluding carboxylic acids is 2. The van der Waals surface area contributed by atoms with Crippen molar-refractivity contribution < 1.29 is 9.59 Å². The van der Waals surface area contributed by atoms with Crippen LogP contribution in [0.1, 0.15) is 18.3 Å². The van der Waals surface area contributed by atoms with E-state index in [1.54, 1.807) is 6.92 Å². The molecule has 1 aliphatic rings. The van der Waals surface area contributed by atoms with Crippen molar-refractivity contribution in [2.24, 2.45) is 0 Å². The number of aromatic nitrogens is 4. The van der Waals surface area contributed by atoms with Crippen LogP contribution in [0.3, 0.4) is 0 Å². The summed E-state index contributed by atoms with van der Waals surface area (Å²) in [7, 11) is 0. The molecule has 1 unspecified atom stereocenters. The number of nitrogens with zero attached hydrogens (tertiary/aromatic N) is 5. The number of urea groups is 1. The van der Waals surface area contributed by atoms with Crippen LogP contribution in [0, 0.1) is 0 Å². The summed E-state index contributed by atoms with van der Waals surface area (Å²) in [4.78, 5) is 26.4. The van der Waals surface area contributed by atoms with Crippen molar-refractivity contribution in [3.8, 4) is 5.69 Å². The number of para-hydroxylation sites is 1. The van der Waals surface area contributed by atoms with Gasteiger partial charge in [-0.1, -0.05) is 18.2 Å². The molecule has 1 fully saturated rings. The first-order chi connectivity index (χ1) is 12.1. The monoisotopic (exact) mass is 354 g/mol. The Balaban J connectivity index is 1.64. The molecule has 1 saturated heterocycles. The van der Waals surface area contributed by atoms with Crippen LogP contribution in [0.5, 0.6) is 0 Å². The Morgan fingerprint density at radius 1 is 1.20 bits per heavy atom. The molecule has 126 valence electrons. The molecule has 0 spiro atoms. The molecule has 2 aromatic heterocycles. The zero-order valence-corrected chi connectivity index (χ0v) is 14.1. The number of amides is 3. The first kappa shape index (κ1) is 15.5. The summed E-state index contributed by atoms with van der Waals surface area (Å²) in [6.07, 6.45) is 0. The van der Waals surface area contributed by atoms with E-state index in [4.69, 9.17) is 0 Å². The van der Waals surface area contributed by atoms with Crippen LogP contribution in [0.2, 0.25) is 0 Å². The van der Waals surface area contributed by atoms with Crippen LogP contribution in [0.25, 0.3) is 5.69 Å². The topological polar surface area (TPSA) is 93.0 Å². The fourth-order valence-corrected chi connectivity index (χ4v) is 3.57. The van der Waals surface area contributed by atoms with Gasteiger partial charge in [-0.15, -0.1) is 5.10 Å². The summed E-state index contributed by atoms with van der Waals surface area (Å²) in [6.45, 7) is 1.70. The summed E-state index contributed by atoms with van der Waals surface area (Å²) in [5.41, 5.74) is 0.457. The fourth-order valence-electron chi connectivity index (χ4n) is 2.80. The largest absolute Gasteiger partial charge is 0.325 e. The normalized spacial score (nSPS) is 20.1. The van der Waals surface area contributed by atoms with Gasteiger partial charge in [0.05, 0.1) is 12.2 Å². The Morgan fingerprint density at radius 2 is 2.00 bits per heavy atom. The lowest BCUT2D eigenvalue weighted by Gasteiger charge is -2.20. The summed E-state index contributed by atoms with van der Waals surface area (Å²) in [6, 6.07) is 10.7. The predicted octanol–water partition coefficient (Wildman–Crippen LogP) is 1.69. The molecule has 0 radical (unpaired) electrons. The second-order valence-corrected chi connectivity index (χ2v) is 6.58. The van der Waals surface area contributed by atoms with E-state index in [0.717, 1.165) is 16.2 Å². The van der Waals surface area contributed by atoms with Gasteiger partial charge < -0.3 is 5.32 Å². The average Bonchev–Trinajstić information content (AvgIpc) is 3.34. The Kier molecular flexibility index (Phi) is 3.57. The summed E-state index contributed by atoms with van der Waals surface area (Å²) in [5.74, 6) is 0.0859. The second-order valence-electron chi connectivity index (χ2n) is 5.80. The van der Waals surface area contributed by atoms with Crippen LogP contribution in [-0.4, -0.2) is 37.0 Å². The first-order valence-corrected chi connectivity index (χ1v) is 8.53. The smallest absolute Gasteiger partial charge is 0.319 e. The minimum Gasteiger partial charge on any atom is -0.319 e. The van der Waals surface area contributed by atoms with Crippen molar-refractivity contribution in [2.75, 3.05) is 0 Å². The van der Waals surface area contributed by atoms with Crippen molar-refractivity contribution in [1.29, 1.82) is 0 Å². The van der Waals surface area contributed by atoms with Gasteiger partial charge in [0.25, 0.3) is 5.91 Å². The molecular formula is C16H14N6O2S. The number of thiophene rings is 1. The average molecular weight is 354 g/mol. The van der Waals surface area contributed by atoms with E-state index in [1.165, 1.54) is 16.0 Å². The third-order valence-electron chi connectivity index (χ3n) is 4.21. The number of imide groups is 1. The minimum absolute atomic E-state index is 0.00765. The highest BCUT2D eigenvalue weighted by atomic mass is 32.1. The van der Waals surface area contributed by atoms with Crippen LogP contribution in [0.4, 0.5) is 4.79 Å². The molecule has 9 heteroatoms. The minimum atomic E-state index is -1.07. The van der Waals surface area contributed by atoms with Gasteiger partial charge in [-0.2, -0.15) is 16.0 Å². The van der Waals surface area contributed by atoms with Crippen LogP contribution in [-0.2, 0) is 16.9 Å². The molecular weight excluding hydrogens is 340 g/mol. The molecule has 0 saturated carbocycles. The molecule has 25 heavy (non-hydrogen) atoms. The zero-order chi connectivity index (χ0) is 17.4. The van der Waals surface area contributed by atoms with Gasteiger partial charge in [0.15, 0.2) is 5.82 Å². The van der Waals surface area contributed by atoms with E-state index < -0.39 is 11.6 Å². The maximum Gasteiger partial charge on any atom is 0.325 e. The maximum atomic E-state index is 12.9. The van der Waals surface area contributed by atoms with Gasteiger partial charge in [-0.25, -0.2) is 4.79 Å². The molecule has 0 bridgehead atoms. The van der Waals surface area contributed by atoms with Crippen molar-refractivity contribution in [3.05, 3.63) is 58.5 Å². The molecule has 0 aliphatic carbocycles. The number of nitrogens with one attached hydrogen (secondary N) is 1. The van der Waals surface area contributed by atoms with Crippen LogP contribution in [0.15, 0.2) is 47.2 Å². The molecule has 1 aliphatic heterocycles. The number of hydrogen-bond acceptors (Lipinski definition) is 6. The highest BCUT2D eigenvalue weighted by molar-refractivity contribution is 7.08. The zero-order valence-electron chi connectivity index (χ0n) is 13.3. The van der Waals surface area contributed by atoms with Crippen molar-refractivity contribution >= 4 is 23.3 Å². The quantitative estimate of drug-likeness (QED) is 0.720. The van der Waals surface area contributed by atoms with Gasteiger partial charge in [0.1, 0.15) is 5.54 Å². The molecule has 3 heterocycles. The number of hydrogen-bond donors (Lipinski definition) is 1. The molecule has 4 rings (SSSR count). The molecule has 1 atom stereocenters. The van der Waals surface area contributed by atoms with E-state index in [9.17, 15) is 9.59 Å². The van der Waals surface area contributed by atoms with Crippen molar-refractivity contribution in [1.82, 2.24) is 30.4 Å². The maximum absolute atomic E-state index is 12.9. The van der Waals surface area contributed by atoms with Crippen LogP contribution >= 0.6 is 11.3 Å². The number of rotatable bonds is 4. The van der Waals surface area contributed by atoms with Crippen LogP contribution < -0.4 is 5.32 Å². The lowest BCUT2D eigenvalue weighted by molar-refractivity contribution is -0.131. The molecule has 8 nitrogen and oxygen atoms in total. The Labute approximate surface area is 147 Å². The van der Waals surface area contributed by atoms with Gasteiger partial charge >= 0.3 is 6.03 Å². The SMILES string of the molecule is CC1(c2ccsc2)NC(=O)N(Cc2nnnn2-c2ccccc2)C1=O. The highest BCUT2D eigenvalue weighted by Crippen LogP contribution is 2.30. The number of benzene rings is 1. The lowest BCUT2D eigenvalue weighted by Crippen LogP contribution is -2.40. The van der Waals surface area contributed by atoms with E-state index >= 15 is 0 Å². The van der Waals surface area contributed by atoms with Crippen molar-refractivity contribution in [3.63, 3.8) is 0 Å². The summed E-state index contributed by atoms with van der Waals surface area (Å²) < 4.78 is 1.51.